The van der Waals surface area contributed by atoms with Gasteiger partial charge in [-0.3, -0.25) is 0 Å². The maximum Gasteiger partial charge on any atom is 0.166 e. The first-order chi connectivity index (χ1) is 6.74. The van der Waals surface area contributed by atoms with Gasteiger partial charge >= 0.3 is 0 Å². The molecule has 0 saturated heterocycles. The summed E-state index contributed by atoms with van der Waals surface area (Å²) >= 11 is 5.00. The van der Waals surface area contributed by atoms with Crippen LogP contribution in [0.2, 0.25) is 0 Å². The van der Waals surface area contributed by atoms with E-state index in [1.54, 1.807) is 0 Å². The minimum Gasteiger partial charge on any atom is -0.366 e. The monoisotopic (exact) mass is 208 g/mol. The van der Waals surface area contributed by atoms with Crippen molar-refractivity contribution in [1.29, 1.82) is 0 Å². The summed E-state index contributed by atoms with van der Waals surface area (Å²) in [5.41, 5.74) is 1.33. The molecule has 1 aromatic rings. The largest absolute Gasteiger partial charge is 0.366 e. The number of hydrogen-bond acceptors (Lipinski definition) is 1. The van der Waals surface area contributed by atoms with Gasteiger partial charge in [0.15, 0.2) is 5.11 Å². The molecule has 2 N–H and O–H groups in total. The second-order valence-electron chi connectivity index (χ2n) is 3.27. The zero-order valence-corrected chi connectivity index (χ0v) is 9.40. The molecule has 0 aromatic heterocycles. The average Bonchev–Trinajstić information content (AvgIpc) is 2.26. The number of benzene rings is 1. The van der Waals surface area contributed by atoms with Gasteiger partial charge in [0.1, 0.15) is 0 Å². The van der Waals surface area contributed by atoms with Crippen molar-refractivity contribution in [2.45, 2.75) is 12.8 Å². The van der Waals surface area contributed by atoms with E-state index in [9.17, 15) is 0 Å². The molecule has 0 aliphatic heterocycles. The number of hydrogen-bond donors (Lipinski definition) is 2. The van der Waals surface area contributed by atoms with Crippen molar-refractivity contribution in [3.8, 4) is 0 Å². The van der Waals surface area contributed by atoms with Gasteiger partial charge in [-0.15, -0.1) is 0 Å². The van der Waals surface area contributed by atoms with Crippen molar-refractivity contribution in [3.05, 3.63) is 35.9 Å². The average molecular weight is 208 g/mol. The summed E-state index contributed by atoms with van der Waals surface area (Å²) in [4.78, 5) is 0. The Kier molecular flexibility index (Phi) is 4.40. The smallest absolute Gasteiger partial charge is 0.166 e. The molecule has 0 saturated carbocycles. The third-order valence-corrected chi connectivity index (χ3v) is 2.51. The summed E-state index contributed by atoms with van der Waals surface area (Å²) in [6.45, 7) is 3.05. The normalized spacial score (nSPS) is 11.9. The first kappa shape index (κ1) is 11.0. The van der Waals surface area contributed by atoms with Gasteiger partial charge in [-0.05, 0) is 23.7 Å². The predicted octanol–water partition coefficient (Wildman–Crippen LogP) is 1.88. The van der Waals surface area contributed by atoms with Gasteiger partial charge in [0, 0.05) is 13.6 Å². The van der Waals surface area contributed by atoms with E-state index in [4.69, 9.17) is 12.2 Å². The van der Waals surface area contributed by atoms with Crippen molar-refractivity contribution < 1.29 is 0 Å². The molecule has 0 aliphatic carbocycles. The first-order valence-electron chi connectivity index (χ1n) is 4.74. The van der Waals surface area contributed by atoms with Crippen molar-refractivity contribution in [1.82, 2.24) is 10.6 Å². The second-order valence-corrected chi connectivity index (χ2v) is 3.68. The zero-order valence-electron chi connectivity index (χ0n) is 8.58. The fourth-order valence-electron chi connectivity index (χ4n) is 1.23. The Morgan fingerprint density at radius 1 is 1.36 bits per heavy atom. The van der Waals surface area contributed by atoms with E-state index in [0.29, 0.717) is 11.0 Å². The highest BCUT2D eigenvalue weighted by molar-refractivity contribution is 7.80. The lowest BCUT2D eigenvalue weighted by atomic mass is 10.0. The molecule has 1 aromatic carbocycles. The highest BCUT2D eigenvalue weighted by atomic mass is 32.1. The van der Waals surface area contributed by atoms with Gasteiger partial charge in [-0.2, -0.15) is 0 Å². The Hall–Kier alpha value is -1.09. The van der Waals surface area contributed by atoms with Crippen LogP contribution in [0.25, 0.3) is 0 Å². The lowest BCUT2D eigenvalue weighted by Crippen LogP contribution is -2.34. The lowest BCUT2D eigenvalue weighted by Gasteiger charge is -2.13. The predicted molar refractivity (Wildman–Crippen MR) is 64.5 cm³/mol. The van der Waals surface area contributed by atoms with E-state index in [-0.39, 0.29) is 0 Å². The van der Waals surface area contributed by atoms with Crippen LogP contribution < -0.4 is 10.6 Å². The van der Waals surface area contributed by atoms with E-state index in [1.165, 1.54) is 5.56 Å². The van der Waals surface area contributed by atoms with Crippen LogP contribution in [-0.2, 0) is 0 Å². The summed E-state index contributed by atoms with van der Waals surface area (Å²) in [5, 5.41) is 6.74. The molecular weight excluding hydrogens is 192 g/mol. The highest BCUT2D eigenvalue weighted by Crippen LogP contribution is 2.12. The van der Waals surface area contributed by atoms with Crippen molar-refractivity contribution in [2.24, 2.45) is 0 Å². The summed E-state index contributed by atoms with van der Waals surface area (Å²) in [7, 11) is 1.82. The Balaban J connectivity index is 2.43. The molecular formula is C11H16N2S. The van der Waals surface area contributed by atoms with Crippen LogP contribution in [0.3, 0.4) is 0 Å². The van der Waals surface area contributed by atoms with Gasteiger partial charge in [0.25, 0.3) is 0 Å². The SMILES string of the molecule is CNC(=S)NC[C@@H](C)c1ccccc1. The Labute approximate surface area is 90.7 Å². The molecule has 0 radical (unpaired) electrons. The van der Waals surface area contributed by atoms with Gasteiger partial charge in [0.05, 0.1) is 0 Å². The fourth-order valence-corrected chi connectivity index (χ4v) is 1.32. The molecule has 0 spiro atoms. The lowest BCUT2D eigenvalue weighted by molar-refractivity contribution is 0.715. The van der Waals surface area contributed by atoms with E-state index < -0.39 is 0 Å². The maximum absolute atomic E-state index is 5.00. The van der Waals surface area contributed by atoms with Gasteiger partial charge in [0.2, 0.25) is 0 Å². The van der Waals surface area contributed by atoms with Crippen molar-refractivity contribution in [2.75, 3.05) is 13.6 Å². The van der Waals surface area contributed by atoms with Crippen molar-refractivity contribution >= 4 is 17.3 Å². The minimum absolute atomic E-state index is 0.475. The molecule has 1 rings (SSSR count). The minimum atomic E-state index is 0.475. The van der Waals surface area contributed by atoms with Crippen LogP contribution in [-0.4, -0.2) is 18.7 Å². The van der Waals surface area contributed by atoms with E-state index in [1.807, 2.05) is 13.1 Å². The fraction of sp³-hybridized carbons (Fsp3) is 0.364. The molecule has 0 aliphatic rings. The van der Waals surface area contributed by atoms with E-state index >= 15 is 0 Å². The van der Waals surface area contributed by atoms with Crippen LogP contribution in [0.1, 0.15) is 18.4 Å². The number of nitrogens with one attached hydrogen (secondary N) is 2. The third kappa shape index (κ3) is 3.34. The quantitative estimate of drug-likeness (QED) is 0.742. The van der Waals surface area contributed by atoms with Crippen LogP contribution in [0.15, 0.2) is 30.3 Å². The second kappa shape index (κ2) is 5.60. The summed E-state index contributed by atoms with van der Waals surface area (Å²) in [6.07, 6.45) is 0. The zero-order chi connectivity index (χ0) is 10.4. The molecule has 0 unspecified atom stereocenters. The molecule has 0 amide bonds. The summed E-state index contributed by atoms with van der Waals surface area (Å²) in [6, 6.07) is 10.4. The molecule has 1 atom stereocenters. The number of thiocarbonyl (C=S) groups is 1. The highest BCUT2D eigenvalue weighted by Gasteiger charge is 2.04. The maximum atomic E-state index is 5.00. The molecule has 0 fully saturated rings. The first-order valence-corrected chi connectivity index (χ1v) is 5.15. The van der Waals surface area contributed by atoms with Crippen molar-refractivity contribution in [3.63, 3.8) is 0 Å². The van der Waals surface area contributed by atoms with E-state index in [2.05, 4.69) is 41.8 Å². The summed E-state index contributed by atoms with van der Waals surface area (Å²) in [5.74, 6) is 0.475. The molecule has 14 heavy (non-hydrogen) atoms. The third-order valence-electron chi connectivity index (χ3n) is 2.16. The van der Waals surface area contributed by atoms with Gasteiger partial charge in [-0.1, -0.05) is 37.3 Å². The van der Waals surface area contributed by atoms with Crippen LogP contribution in [0, 0.1) is 0 Å². The molecule has 2 nitrogen and oxygen atoms in total. The number of rotatable bonds is 3. The van der Waals surface area contributed by atoms with Gasteiger partial charge in [-0.25, -0.2) is 0 Å². The van der Waals surface area contributed by atoms with Crippen LogP contribution in [0.4, 0.5) is 0 Å². The Bertz CT molecular complexity index is 285. The molecule has 76 valence electrons. The Morgan fingerprint density at radius 3 is 2.57 bits per heavy atom. The molecule has 0 bridgehead atoms. The standard InChI is InChI=1S/C11H16N2S/c1-9(8-13-11(14)12-2)10-6-4-3-5-7-10/h3-7,9H,8H2,1-2H3,(H2,12,13,14)/t9-/m1/s1. The molecule has 3 heteroatoms. The van der Waals surface area contributed by atoms with Gasteiger partial charge < -0.3 is 10.6 Å². The molecule has 0 heterocycles. The summed E-state index contributed by atoms with van der Waals surface area (Å²) < 4.78 is 0. The van der Waals surface area contributed by atoms with Crippen LogP contribution in [0.5, 0.6) is 0 Å². The Morgan fingerprint density at radius 2 is 2.00 bits per heavy atom. The van der Waals surface area contributed by atoms with Crippen LogP contribution >= 0.6 is 12.2 Å². The van der Waals surface area contributed by atoms with E-state index in [0.717, 1.165) is 6.54 Å². The topological polar surface area (TPSA) is 24.1 Å².